The van der Waals surface area contributed by atoms with Gasteiger partial charge in [0.2, 0.25) is 5.91 Å². The lowest BCUT2D eigenvalue weighted by Crippen LogP contribution is -2.26. The lowest BCUT2D eigenvalue weighted by Gasteiger charge is -2.23. The number of rotatable bonds is 7. The molecule has 0 aliphatic rings. The molecule has 144 valence electrons. The van der Waals surface area contributed by atoms with Crippen molar-refractivity contribution in [2.24, 2.45) is 5.92 Å². The molecule has 5 nitrogen and oxygen atoms in total. The van der Waals surface area contributed by atoms with Crippen molar-refractivity contribution >= 4 is 11.6 Å². The van der Waals surface area contributed by atoms with E-state index in [-0.39, 0.29) is 17.7 Å². The van der Waals surface area contributed by atoms with Crippen molar-refractivity contribution in [1.82, 2.24) is 9.97 Å². The number of carbonyl (C=O) groups excluding carboxylic acids is 1. The predicted octanol–water partition coefficient (Wildman–Crippen LogP) is 5.35. The highest BCUT2D eigenvalue weighted by atomic mass is 16.5. The second kappa shape index (κ2) is 9.13. The van der Waals surface area contributed by atoms with Gasteiger partial charge in [-0.25, -0.2) is 9.97 Å². The lowest BCUT2D eigenvalue weighted by molar-refractivity contribution is -0.118. The molecule has 2 unspecified atom stereocenters. The molecule has 0 aliphatic carbocycles. The van der Waals surface area contributed by atoms with E-state index in [1.165, 1.54) is 0 Å². The van der Waals surface area contributed by atoms with Crippen molar-refractivity contribution in [1.29, 1.82) is 0 Å². The number of hydrogen-bond donors (Lipinski definition) is 1. The van der Waals surface area contributed by atoms with Gasteiger partial charge in [0.25, 0.3) is 0 Å². The van der Waals surface area contributed by atoms with E-state index in [1.54, 1.807) is 24.5 Å². The fourth-order valence-corrected chi connectivity index (χ4v) is 3.13. The van der Waals surface area contributed by atoms with Crippen LogP contribution >= 0.6 is 0 Å². The van der Waals surface area contributed by atoms with Crippen molar-refractivity contribution in [2.75, 3.05) is 5.32 Å². The Hall–Kier alpha value is -3.21. The average Bonchev–Trinajstić information content (AvgIpc) is 2.71. The van der Waals surface area contributed by atoms with Crippen LogP contribution in [0.1, 0.15) is 37.3 Å². The van der Waals surface area contributed by atoms with E-state index in [2.05, 4.69) is 29.1 Å². The molecule has 3 aromatic rings. The van der Waals surface area contributed by atoms with Crippen LogP contribution in [0.3, 0.4) is 0 Å². The molecule has 1 heterocycles. The summed E-state index contributed by atoms with van der Waals surface area (Å²) < 4.78 is 5.66. The zero-order chi connectivity index (χ0) is 19.9. The highest BCUT2D eigenvalue weighted by Crippen LogP contribution is 2.30. The number of aromatic nitrogens is 2. The van der Waals surface area contributed by atoms with Crippen molar-refractivity contribution in [3.63, 3.8) is 0 Å². The molecule has 0 aliphatic heterocycles. The second-order valence-electron chi connectivity index (χ2n) is 6.87. The van der Waals surface area contributed by atoms with Gasteiger partial charge < -0.3 is 10.1 Å². The number of benzene rings is 2. The van der Waals surface area contributed by atoms with Crippen LogP contribution < -0.4 is 10.1 Å². The Morgan fingerprint density at radius 2 is 1.79 bits per heavy atom. The normalized spacial score (nSPS) is 12.8. The molecule has 0 spiro atoms. The topological polar surface area (TPSA) is 64.1 Å². The summed E-state index contributed by atoms with van der Waals surface area (Å²) in [6.45, 7) is 6.16. The molecule has 0 radical (unpaired) electrons. The highest BCUT2D eigenvalue weighted by molar-refractivity contribution is 5.96. The molecule has 2 aromatic carbocycles. The maximum Gasteiger partial charge on any atom is 0.321 e. The minimum atomic E-state index is -0.195. The van der Waals surface area contributed by atoms with Gasteiger partial charge in [-0.3, -0.25) is 4.79 Å². The fourth-order valence-electron chi connectivity index (χ4n) is 3.13. The lowest BCUT2D eigenvalue weighted by atomic mass is 9.85. The van der Waals surface area contributed by atoms with E-state index >= 15 is 0 Å². The molecule has 0 bridgehead atoms. The van der Waals surface area contributed by atoms with Crippen molar-refractivity contribution < 1.29 is 9.53 Å². The van der Waals surface area contributed by atoms with Gasteiger partial charge in [-0.1, -0.05) is 50.6 Å². The van der Waals surface area contributed by atoms with Crippen molar-refractivity contribution in [2.45, 2.75) is 33.1 Å². The molecular formula is C23H25N3O2. The third-order valence-corrected chi connectivity index (χ3v) is 4.86. The number of carbonyl (C=O) groups is 1. The molecule has 0 saturated carbocycles. The second-order valence-corrected chi connectivity index (χ2v) is 6.87. The monoisotopic (exact) mass is 375 g/mol. The Balaban J connectivity index is 1.77. The first-order chi connectivity index (χ1) is 13.6. The zero-order valence-corrected chi connectivity index (χ0v) is 16.4. The van der Waals surface area contributed by atoms with Crippen LogP contribution in [0, 0.1) is 12.8 Å². The van der Waals surface area contributed by atoms with Crippen molar-refractivity contribution in [3.8, 4) is 11.8 Å². The Labute approximate surface area is 165 Å². The minimum Gasteiger partial charge on any atom is -0.424 e. The van der Waals surface area contributed by atoms with E-state index < -0.39 is 0 Å². The van der Waals surface area contributed by atoms with E-state index in [0.29, 0.717) is 11.8 Å². The van der Waals surface area contributed by atoms with E-state index in [0.717, 1.165) is 23.2 Å². The summed E-state index contributed by atoms with van der Waals surface area (Å²) in [7, 11) is 0. The first-order valence-corrected chi connectivity index (χ1v) is 9.49. The summed E-state index contributed by atoms with van der Waals surface area (Å²) in [4.78, 5) is 21.2. The van der Waals surface area contributed by atoms with Crippen LogP contribution in [-0.2, 0) is 4.79 Å². The summed E-state index contributed by atoms with van der Waals surface area (Å²) in [6.07, 6.45) is 4.18. The predicted molar refractivity (Wildman–Crippen MR) is 111 cm³/mol. The number of anilines is 1. The summed E-state index contributed by atoms with van der Waals surface area (Å²) in [5.41, 5.74) is 2.72. The molecule has 1 N–H and O–H groups in total. The third kappa shape index (κ3) is 4.74. The third-order valence-electron chi connectivity index (χ3n) is 4.86. The minimum absolute atomic E-state index is 0.00344. The van der Waals surface area contributed by atoms with Crippen LogP contribution in [-0.4, -0.2) is 15.9 Å². The molecule has 28 heavy (non-hydrogen) atoms. The van der Waals surface area contributed by atoms with Gasteiger partial charge in [0.15, 0.2) is 0 Å². The molecule has 1 amide bonds. The number of amides is 1. The fraction of sp³-hybridized carbons (Fsp3) is 0.261. The van der Waals surface area contributed by atoms with Gasteiger partial charge in [0.05, 0.1) is 5.92 Å². The summed E-state index contributed by atoms with van der Waals surface area (Å²) in [5.74, 6) is 0.673. The van der Waals surface area contributed by atoms with Gasteiger partial charge >= 0.3 is 6.01 Å². The molecule has 1 aromatic heterocycles. The average molecular weight is 375 g/mol. The molecule has 0 saturated heterocycles. The number of hydrogen-bond acceptors (Lipinski definition) is 4. The number of nitrogens with one attached hydrogen (secondary N) is 1. The van der Waals surface area contributed by atoms with Gasteiger partial charge in [-0.15, -0.1) is 0 Å². The molecule has 0 fully saturated rings. The smallest absolute Gasteiger partial charge is 0.321 e. The van der Waals surface area contributed by atoms with Crippen LogP contribution in [0.5, 0.6) is 11.8 Å². The maximum absolute atomic E-state index is 13.1. The molecule has 3 rings (SSSR count). The van der Waals surface area contributed by atoms with Crippen LogP contribution in [0.25, 0.3) is 0 Å². The summed E-state index contributed by atoms with van der Waals surface area (Å²) in [6, 6.07) is 17.5. The maximum atomic E-state index is 13.1. The largest absolute Gasteiger partial charge is 0.424 e. The first-order valence-electron chi connectivity index (χ1n) is 9.49. The van der Waals surface area contributed by atoms with Crippen LogP contribution in [0.15, 0.2) is 67.0 Å². The Morgan fingerprint density at radius 1 is 1.07 bits per heavy atom. The Kier molecular flexibility index (Phi) is 6.37. The quantitative estimate of drug-likeness (QED) is 0.605. The zero-order valence-electron chi connectivity index (χ0n) is 16.4. The van der Waals surface area contributed by atoms with E-state index in [1.807, 2.05) is 49.4 Å². The van der Waals surface area contributed by atoms with Crippen molar-refractivity contribution in [3.05, 3.63) is 78.1 Å². The number of nitrogens with zero attached hydrogens (tertiary/aromatic N) is 2. The van der Waals surface area contributed by atoms with Gasteiger partial charge in [0, 0.05) is 18.1 Å². The number of ether oxygens (including phenoxy) is 1. The standard InChI is InChI=1S/C23H25N3O2/c1-4-16(2)21(18-9-6-5-7-10-18)22(27)26-20-12-11-19(15-17(20)3)28-23-24-13-8-14-25-23/h5-16,21H,4H2,1-3H3,(H,26,27). The van der Waals surface area contributed by atoms with Gasteiger partial charge in [-0.2, -0.15) is 0 Å². The highest BCUT2D eigenvalue weighted by Gasteiger charge is 2.26. The van der Waals surface area contributed by atoms with Gasteiger partial charge in [-0.05, 0) is 48.2 Å². The molecular weight excluding hydrogens is 350 g/mol. The molecule has 2 atom stereocenters. The van der Waals surface area contributed by atoms with Gasteiger partial charge in [0.1, 0.15) is 5.75 Å². The number of aryl methyl sites for hydroxylation is 1. The van der Waals surface area contributed by atoms with E-state index in [4.69, 9.17) is 4.74 Å². The molecule has 5 heteroatoms. The van der Waals surface area contributed by atoms with E-state index in [9.17, 15) is 4.79 Å². The Bertz CT molecular complexity index is 914. The summed E-state index contributed by atoms with van der Waals surface area (Å²) >= 11 is 0. The van der Waals surface area contributed by atoms with Crippen LogP contribution in [0.4, 0.5) is 5.69 Å². The van der Waals surface area contributed by atoms with Crippen LogP contribution in [0.2, 0.25) is 0 Å². The Morgan fingerprint density at radius 3 is 2.43 bits per heavy atom. The first kappa shape index (κ1) is 19.5. The summed E-state index contributed by atoms with van der Waals surface area (Å²) in [5, 5.41) is 3.09. The SMILES string of the molecule is CCC(C)C(C(=O)Nc1ccc(Oc2ncccn2)cc1C)c1ccccc1.